The van der Waals surface area contributed by atoms with Crippen LogP contribution in [0.25, 0.3) is 22.5 Å². The molecular weight excluding hydrogens is 394 g/mol. The maximum Gasteiger partial charge on any atom is 0.375 e. The number of tetrazole rings is 1. The molecule has 0 radical (unpaired) electrons. The first kappa shape index (κ1) is 20.4. The van der Waals surface area contributed by atoms with Gasteiger partial charge >= 0.3 is 5.97 Å². The van der Waals surface area contributed by atoms with Gasteiger partial charge in [0.1, 0.15) is 5.82 Å². The standard InChI is InChI=1S/C22H23N7O2/c1-2-3-4-9-19-23-21(22(30)31)26-29(19)14-15-10-12-16(13-11-15)17-7-5-6-8-18(17)20-24-27-28-25-20/h5-8,10-13H,2-4,9,14H2,1H3,(H,30,31)(H,24,25,27,28). The molecule has 9 heteroatoms. The van der Waals surface area contributed by atoms with Gasteiger partial charge in [0, 0.05) is 12.0 Å². The summed E-state index contributed by atoms with van der Waals surface area (Å²) in [6, 6.07) is 16.0. The van der Waals surface area contributed by atoms with Gasteiger partial charge in [0.25, 0.3) is 5.82 Å². The Morgan fingerprint density at radius 1 is 1.06 bits per heavy atom. The zero-order valence-corrected chi connectivity index (χ0v) is 17.2. The van der Waals surface area contributed by atoms with Crippen LogP contribution >= 0.6 is 0 Å². The third-order valence-electron chi connectivity index (χ3n) is 5.07. The Labute approximate surface area is 179 Å². The molecule has 0 spiro atoms. The number of carboxylic acids is 1. The topological polar surface area (TPSA) is 122 Å². The Morgan fingerprint density at radius 3 is 2.52 bits per heavy atom. The smallest absolute Gasteiger partial charge is 0.375 e. The van der Waals surface area contributed by atoms with Crippen LogP contribution in [-0.4, -0.2) is 46.5 Å². The predicted octanol–water partition coefficient (Wildman–Crippen LogP) is 3.60. The number of carbonyl (C=O) groups is 1. The summed E-state index contributed by atoms with van der Waals surface area (Å²) in [5.41, 5.74) is 3.98. The van der Waals surface area contributed by atoms with E-state index in [9.17, 15) is 9.90 Å². The highest BCUT2D eigenvalue weighted by Gasteiger charge is 2.16. The molecule has 0 atom stereocenters. The quantitative estimate of drug-likeness (QED) is 0.399. The molecule has 0 fully saturated rings. The van der Waals surface area contributed by atoms with Gasteiger partial charge in [-0.25, -0.2) is 19.6 Å². The van der Waals surface area contributed by atoms with Gasteiger partial charge in [-0.15, -0.1) is 10.2 Å². The zero-order valence-electron chi connectivity index (χ0n) is 17.2. The summed E-state index contributed by atoms with van der Waals surface area (Å²) < 4.78 is 1.70. The second-order valence-electron chi connectivity index (χ2n) is 7.26. The van der Waals surface area contributed by atoms with Crippen LogP contribution in [0.5, 0.6) is 0 Å². The second-order valence-corrected chi connectivity index (χ2v) is 7.26. The number of hydrogen-bond acceptors (Lipinski definition) is 6. The van der Waals surface area contributed by atoms with Crippen molar-refractivity contribution in [3.63, 3.8) is 0 Å². The third kappa shape index (κ3) is 4.66. The normalized spacial score (nSPS) is 11.0. The molecule has 4 aromatic rings. The van der Waals surface area contributed by atoms with Crippen LogP contribution in [-0.2, 0) is 13.0 Å². The molecule has 4 rings (SSSR count). The maximum absolute atomic E-state index is 11.3. The van der Waals surface area contributed by atoms with Crippen molar-refractivity contribution < 1.29 is 9.90 Å². The third-order valence-corrected chi connectivity index (χ3v) is 5.07. The molecule has 2 heterocycles. The van der Waals surface area contributed by atoms with Crippen molar-refractivity contribution >= 4 is 5.97 Å². The van der Waals surface area contributed by atoms with Gasteiger partial charge in [-0.05, 0) is 33.5 Å². The number of rotatable bonds is 9. The van der Waals surface area contributed by atoms with E-state index in [2.05, 4.69) is 37.6 Å². The van der Waals surface area contributed by atoms with Crippen molar-refractivity contribution in [3.05, 3.63) is 65.7 Å². The van der Waals surface area contributed by atoms with E-state index in [-0.39, 0.29) is 5.82 Å². The van der Waals surface area contributed by atoms with Crippen molar-refractivity contribution in [2.75, 3.05) is 0 Å². The number of nitrogens with zero attached hydrogens (tertiary/aromatic N) is 6. The summed E-state index contributed by atoms with van der Waals surface area (Å²) >= 11 is 0. The molecule has 0 unspecified atom stereocenters. The molecule has 2 aromatic carbocycles. The number of aromatic carboxylic acids is 1. The fraction of sp³-hybridized carbons (Fsp3) is 0.273. The predicted molar refractivity (Wildman–Crippen MR) is 114 cm³/mol. The van der Waals surface area contributed by atoms with E-state index in [0.717, 1.165) is 41.5 Å². The highest BCUT2D eigenvalue weighted by molar-refractivity contribution is 5.83. The van der Waals surface area contributed by atoms with Gasteiger partial charge in [0.05, 0.1) is 6.54 Å². The van der Waals surface area contributed by atoms with Gasteiger partial charge in [-0.1, -0.05) is 68.3 Å². The first-order valence-electron chi connectivity index (χ1n) is 10.2. The number of nitrogens with one attached hydrogen (secondary N) is 1. The van der Waals surface area contributed by atoms with E-state index in [4.69, 9.17) is 0 Å². The number of aromatic amines is 1. The number of benzene rings is 2. The Balaban J connectivity index is 1.57. The molecule has 0 bridgehead atoms. The van der Waals surface area contributed by atoms with Crippen molar-refractivity contribution in [1.29, 1.82) is 0 Å². The van der Waals surface area contributed by atoms with Crippen LogP contribution in [0.1, 0.15) is 48.2 Å². The molecule has 0 aliphatic heterocycles. The maximum atomic E-state index is 11.3. The lowest BCUT2D eigenvalue weighted by Gasteiger charge is -2.09. The number of unbranched alkanes of at least 4 members (excludes halogenated alkanes) is 2. The average molecular weight is 417 g/mol. The van der Waals surface area contributed by atoms with Crippen LogP contribution in [0.15, 0.2) is 48.5 Å². The van der Waals surface area contributed by atoms with Gasteiger partial charge in [-0.3, -0.25) is 0 Å². The van der Waals surface area contributed by atoms with Gasteiger partial charge in [-0.2, -0.15) is 0 Å². The lowest BCUT2D eigenvalue weighted by Crippen LogP contribution is -2.08. The monoisotopic (exact) mass is 417 g/mol. The summed E-state index contributed by atoms with van der Waals surface area (Å²) in [6.07, 6.45) is 3.84. The Morgan fingerprint density at radius 2 is 1.84 bits per heavy atom. The molecule has 0 aliphatic rings. The van der Waals surface area contributed by atoms with Crippen LogP contribution in [0, 0.1) is 0 Å². The molecule has 158 valence electrons. The van der Waals surface area contributed by atoms with E-state index >= 15 is 0 Å². The molecule has 0 saturated heterocycles. The summed E-state index contributed by atoms with van der Waals surface area (Å²) in [5, 5.41) is 27.6. The molecule has 2 N–H and O–H groups in total. The Kier molecular flexibility index (Phi) is 6.11. The van der Waals surface area contributed by atoms with E-state index in [1.54, 1.807) is 4.68 Å². The molecule has 31 heavy (non-hydrogen) atoms. The van der Waals surface area contributed by atoms with Gasteiger partial charge < -0.3 is 5.11 Å². The number of H-pyrrole nitrogens is 1. The fourth-order valence-corrected chi connectivity index (χ4v) is 3.49. The van der Waals surface area contributed by atoms with Crippen molar-refractivity contribution in [2.45, 2.75) is 39.2 Å². The summed E-state index contributed by atoms with van der Waals surface area (Å²) in [6.45, 7) is 2.60. The average Bonchev–Trinajstić information content (AvgIpc) is 3.45. The Hall–Kier alpha value is -3.88. The number of aryl methyl sites for hydroxylation is 1. The SMILES string of the molecule is CCCCCc1nc(C(=O)O)nn1Cc1ccc(-c2ccccc2-c2nnn[nH]2)cc1. The van der Waals surface area contributed by atoms with Crippen molar-refractivity contribution in [2.24, 2.45) is 0 Å². The van der Waals surface area contributed by atoms with Crippen molar-refractivity contribution in [1.82, 2.24) is 35.4 Å². The summed E-state index contributed by atoms with van der Waals surface area (Å²) in [7, 11) is 0. The van der Waals surface area contributed by atoms with Crippen molar-refractivity contribution in [3.8, 4) is 22.5 Å². The first-order chi connectivity index (χ1) is 15.2. The lowest BCUT2D eigenvalue weighted by molar-refractivity contribution is 0.0683. The minimum Gasteiger partial charge on any atom is -0.475 e. The van der Waals surface area contributed by atoms with Crippen LogP contribution in [0.4, 0.5) is 0 Å². The van der Waals surface area contributed by atoms with Crippen LogP contribution in [0.3, 0.4) is 0 Å². The number of carboxylic acid groups (broad SMARTS) is 1. The second kappa shape index (κ2) is 9.29. The summed E-state index contributed by atoms with van der Waals surface area (Å²) in [4.78, 5) is 15.5. The van der Waals surface area contributed by atoms with E-state index in [1.165, 1.54) is 0 Å². The van der Waals surface area contributed by atoms with E-state index < -0.39 is 5.97 Å². The summed E-state index contributed by atoms with van der Waals surface area (Å²) in [5.74, 6) is 0.0559. The highest BCUT2D eigenvalue weighted by Crippen LogP contribution is 2.29. The molecule has 0 amide bonds. The van der Waals surface area contributed by atoms with E-state index in [0.29, 0.717) is 24.6 Å². The zero-order chi connectivity index (χ0) is 21.6. The first-order valence-corrected chi connectivity index (χ1v) is 10.2. The van der Waals surface area contributed by atoms with Gasteiger partial charge in [0.15, 0.2) is 5.82 Å². The molecule has 9 nitrogen and oxygen atoms in total. The lowest BCUT2D eigenvalue weighted by atomic mass is 9.98. The Bertz CT molecular complexity index is 1150. The number of hydrogen-bond donors (Lipinski definition) is 2. The van der Waals surface area contributed by atoms with E-state index in [1.807, 2.05) is 48.5 Å². The van der Waals surface area contributed by atoms with Crippen LogP contribution < -0.4 is 0 Å². The number of aromatic nitrogens is 7. The highest BCUT2D eigenvalue weighted by atomic mass is 16.4. The largest absolute Gasteiger partial charge is 0.475 e. The molecule has 0 aliphatic carbocycles. The van der Waals surface area contributed by atoms with Crippen LogP contribution in [0.2, 0.25) is 0 Å². The van der Waals surface area contributed by atoms with Gasteiger partial charge in [0.2, 0.25) is 0 Å². The molecule has 2 aromatic heterocycles. The minimum absolute atomic E-state index is 0.155. The molecular formula is C22H23N7O2. The molecule has 0 saturated carbocycles. The minimum atomic E-state index is -1.11. The fourth-order valence-electron chi connectivity index (χ4n) is 3.49.